The second-order valence-electron chi connectivity index (χ2n) is 22.0. The minimum Gasteiger partial charge on any atom is -0.870 e. The van der Waals surface area contributed by atoms with E-state index in [0.29, 0.717) is 39.5 Å². The number of cyclic esters (lactones) is 2. The molecule has 1 N–H and O–H groups in total. The van der Waals surface area contributed by atoms with E-state index in [1.807, 2.05) is 0 Å². The van der Waals surface area contributed by atoms with Gasteiger partial charge in [0.2, 0.25) is 12.2 Å². The van der Waals surface area contributed by atoms with Crippen LogP contribution in [0.2, 0.25) is 0 Å². The maximum Gasteiger partial charge on any atom is 0.425 e. The SMILES string of the molecule is CC(OC(=O)CC(C(=O)OC(C)C(F)(F)F)S(=O)(=O)[O-])C(F)(F)F.CCOC(=O)CCC(=O)OCC(F)(F)F.O=C(CC(C(=O)OC1C2CC3C(=O)OC1C3C2)S(=O)(=O)[O-])OC1C2CC3C(=O)OC1C3C2.O=C(CC(C(=O)OC1CCOC1=O)S(=O)(=O)[O-])OC1CCOC1=O.O=S=O.[CH3+].[CH3+].[CH3+].[CH3+].[OH-]. The molecule has 4 saturated heterocycles. The predicted molar refractivity (Wildman–Crippen MR) is 307 cm³/mol. The molecule has 8 fully saturated rings. The normalized spacial score (nSPS) is 25.6. The Morgan fingerprint density at radius 3 is 1.22 bits per heavy atom. The van der Waals surface area contributed by atoms with Gasteiger partial charge in [0.25, 0.3) is 0 Å². The third-order valence-corrected chi connectivity index (χ3v) is 18.5. The molecule has 588 valence electrons. The van der Waals surface area contributed by atoms with Crippen LogP contribution in [0, 0.1) is 65.2 Å². The van der Waals surface area contributed by atoms with Crippen LogP contribution in [0.15, 0.2) is 0 Å². The van der Waals surface area contributed by atoms with E-state index >= 15 is 0 Å². The molecule has 0 amide bonds. The van der Waals surface area contributed by atoms with Crippen LogP contribution in [-0.2, 0) is 156 Å². The minimum absolute atomic E-state index is 0. The van der Waals surface area contributed by atoms with Crippen LogP contribution in [-0.4, -0.2) is 234 Å². The summed E-state index contributed by atoms with van der Waals surface area (Å²) in [7, 11) is -16.2. The van der Waals surface area contributed by atoms with Crippen molar-refractivity contribution in [1.29, 1.82) is 0 Å². The van der Waals surface area contributed by atoms with Crippen LogP contribution < -0.4 is 0 Å². The molecule has 17 atom stereocenters. The number of esters is 12. The molecular weight excluding hydrogens is 1520 g/mol. The summed E-state index contributed by atoms with van der Waals surface area (Å²) in [5, 5.41) is -7.63. The standard InChI is InChI=1S/C20H22O11S.C12H14O11S.C10H12F6O7S.C8H11F3O4.4CH3.O2S.H2O/c21-13(28-14-6-1-8-10(3-6)18(22)30-16(8)14)5-12(32(25,26)27)20(24)29-15-7-2-9-11(4-7)19(23)31-17(9)15;13-9(22-6-1-3-20-10(6)14)5-8(24(17,18)19)12(16)23-7-2-4-21-11(7)15;1-4(9(11,12)13)22-7(17)3-6(24(19,20)21)8(18)23-5(2)10(14,15)16;1-2-14-6(12)3-4-7(13)15-5-8(9,10)11;;;;;1-3-2;/h6-12,14-17H,1-5H2,(H,25,26,27);6-8H,1-5H2,(H,17,18,19);4-6H,3H2,1-2H3,(H,19,20,21);2-5H2,1H3;4*1H3;;1H2/q;;;;4*+1;;/p-4. The van der Waals surface area contributed by atoms with Crippen molar-refractivity contribution in [2.45, 2.75) is 175 Å². The van der Waals surface area contributed by atoms with E-state index in [0.717, 1.165) is 0 Å². The molecule has 4 saturated carbocycles. The molecule has 4 aliphatic carbocycles. The molecule has 17 unspecified atom stereocenters. The second kappa shape index (κ2) is 39.8. The summed E-state index contributed by atoms with van der Waals surface area (Å²) in [6.07, 6.45) is -27.5. The van der Waals surface area contributed by atoms with E-state index in [1.165, 1.54) is 0 Å². The van der Waals surface area contributed by atoms with Crippen LogP contribution in [0.4, 0.5) is 39.5 Å². The van der Waals surface area contributed by atoms with Crippen molar-refractivity contribution in [3.8, 4) is 0 Å². The molecule has 0 aromatic heterocycles. The van der Waals surface area contributed by atoms with Crippen molar-refractivity contribution < 1.29 is 207 Å². The van der Waals surface area contributed by atoms with Crippen LogP contribution in [0.1, 0.15) is 91.4 Å². The van der Waals surface area contributed by atoms with Crippen molar-refractivity contribution in [2.75, 3.05) is 26.4 Å². The van der Waals surface area contributed by atoms with E-state index in [2.05, 4.69) is 37.9 Å². The first kappa shape index (κ1) is 97.1. The quantitative estimate of drug-likeness (QED) is 0.0452. The number of carbonyl (C=O) groups is 12. The Morgan fingerprint density at radius 2 is 0.854 bits per heavy atom. The molecule has 0 radical (unpaired) electrons. The first-order chi connectivity index (χ1) is 45.0. The van der Waals surface area contributed by atoms with Gasteiger partial charge in [0, 0.05) is 66.2 Å². The van der Waals surface area contributed by atoms with Crippen LogP contribution in [0.3, 0.4) is 0 Å². The maximum atomic E-state index is 12.6. The van der Waals surface area contributed by atoms with Gasteiger partial charge in [-0.25, -0.2) is 34.8 Å². The highest BCUT2D eigenvalue weighted by Gasteiger charge is 2.65. The molecular formula is C54H69F9O36S4. The van der Waals surface area contributed by atoms with Crippen LogP contribution >= 0.6 is 0 Å². The summed E-state index contributed by atoms with van der Waals surface area (Å²) >= 11 is -0.750. The summed E-state index contributed by atoms with van der Waals surface area (Å²) in [4.78, 5) is 139. The fourth-order valence-electron chi connectivity index (χ4n) is 10.8. The molecule has 49 heteroatoms. The smallest absolute Gasteiger partial charge is 0.425 e. The molecule has 103 heavy (non-hydrogen) atoms. The van der Waals surface area contributed by atoms with Gasteiger partial charge in [0.15, 0.2) is 34.6 Å². The Kier molecular flexibility index (Phi) is 37.5. The highest BCUT2D eigenvalue weighted by Crippen LogP contribution is 2.57. The van der Waals surface area contributed by atoms with E-state index in [9.17, 15) is 136 Å². The minimum atomic E-state index is -5.70. The number of ether oxygens (including phenoxy) is 12. The molecule has 0 aromatic rings. The summed E-state index contributed by atoms with van der Waals surface area (Å²) in [5.41, 5.74) is 0. The second-order valence-corrected chi connectivity index (χ2v) is 26.8. The lowest BCUT2D eigenvalue weighted by atomic mass is 9.88. The van der Waals surface area contributed by atoms with Crippen molar-refractivity contribution in [3.63, 3.8) is 0 Å². The van der Waals surface area contributed by atoms with Gasteiger partial charge in [-0.3, -0.25) is 47.9 Å². The number of hydrogen-bond acceptors (Lipinski definition) is 36. The zero-order valence-electron chi connectivity index (χ0n) is 54.7. The van der Waals surface area contributed by atoms with Crippen molar-refractivity contribution in [1.82, 2.24) is 0 Å². The lowest BCUT2D eigenvalue weighted by Crippen LogP contribution is -2.43. The van der Waals surface area contributed by atoms with Crippen LogP contribution in [0.25, 0.3) is 0 Å². The van der Waals surface area contributed by atoms with Crippen LogP contribution in [0.5, 0.6) is 0 Å². The molecule has 8 rings (SSSR count). The zero-order chi connectivity index (χ0) is 74.5. The van der Waals surface area contributed by atoms with Gasteiger partial charge in [0.05, 0.1) is 63.8 Å². The fourth-order valence-corrected chi connectivity index (χ4v) is 12.7. The molecule has 0 spiro atoms. The number of fused-ring (bicyclic) bond motifs is 2. The Bertz CT molecular complexity index is 3400. The van der Waals surface area contributed by atoms with Gasteiger partial charge in [0.1, 0.15) is 54.8 Å². The number of rotatable bonds is 23. The topological polar surface area (TPSA) is 551 Å². The number of alkyl halides is 9. The van der Waals surface area contributed by atoms with Gasteiger partial charge in [-0.1, -0.05) is 0 Å². The molecule has 4 bridgehead atoms. The van der Waals surface area contributed by atoms with E-state index in [-0.39, 0.29) is 122 Å². The van der Waals surface area contributed by atoms with Gasteiger partial charge < -0.3 is 76.0 Å². The molecule has 0 aromatic carbocycles. The highest BCUT2D eigenvalue weighted by atomic mass is 32.2. The number of hydrogen-bond donors (Lipinski definition) is 0. The Labute approximate surface area is 584 Å². The van der Waals surface area contributed by atoms with E-state index in [1.54, 1.807) is 6.92 Å². The molecule has 8 aliphatic rings. The summed E-state index contributed by atoms with van der Waals surface area (Å²) in [5.74, 6) is -14.1. The van der Waals surface area contributed by atoms with Crippen molar-refractivity contribution in [2.24, 2.45) is 35.5 Å². The summed E-state index contributed by atoms with van der Waals surface area (Å²) < 4.78 is 281. The Hall–Kier alpha value is -8.00. The lowest BCUT2D eigenvalue weighted by Gasteiger charge is -2.28. The van der Waals surface area contributed by atoms with Gasteiger partial charge in [-0.15, -0.1) is 0 Å². The highest BCUT2D eigenvalue weighted by molar-refractivity contribution is 7.87. The summed E-state index contributed by atoms with van der Waals surface area (Å²) in [6.45, 7) is 0.827. The van der Waals surface area contributed by atoms with Gasteiger partial charge >= 0.3 is 102 Å². The molecule has 4 heterocycles. The third kappa shape index (κ3) is 28.2. The zero-order valence-corrected chi connectivity index (χ0v) is 58.0. The van der Waals surface area contributed by atoms with Crippen molar-refractivity contribution in [3.05, 3.63) is 29.7 Å². The van der Waals surface area contributed by atoms with Gasteiger partial charge in [-0.05, 0) is 46.5 Å². The Balaban J connectivity index is 0. The first-order valence-electron chi connectivity index (χ1n) is 28.2. The first-order valence-corrected chi connectivity index (χ1v) is 33.3. The lowest BCUT2D eigenvalue weighted by molar-refractivity contribution is -0.218. The van der Waals surface area contributed by atoms with Gasteiger partial charge in [-0.2, -0.15) is 47.9 Å². The average Bonchev–Trinajstić information content (AvgIpc) is 1.58. The van der Waals surface area contributed by atoms with E-state index in [4.69, 9.17) is 27.4 Å². The monoisotopic (exact) mass is 1590 g/mol. The molecule has 4 aliphatic heterocycles. The van der Waals surface area contributed by atoms with Crippen molar-refractivity contribution >= 4 is 114 Å². The number of halogens is 9. The van der Waals surface area contributed by atoms with E-state index < -0.39 is 217 Å². The predicted octanol–water partition coefficient (Wildman–Crippen LogP) is 0.952. The average molecular weight is 1590 g/mol. The largest absolute Gasteiger partial charge is 0.870 e. The Morgan fingerprint density at radius 1 is 0.505 bits per heavy atom. The molecule has 36 nitrogen and oxygen atoms in total. The fraction of sp³-hybridized carbons (Fsp3) is 0.704. The third-order valence-electron chi connectivity index (χ3n) is 15.3. The number of carbonyl (C=O) groups excluding carboxylic acids is 12. The summed E-state index contributed by atoms with van der Waals surface area (Å²) in [6, 6.07) is 0. The maximum absolute atomic E-state index is 12.6.